The molecular formula is C10H9Cl2NO4. The van der Waals surface area contributed by atoms with Gasteiger partial charge in [-0.05, 0) is 18.2 Å². The van der Waals surface area contributed by atoms with E-state index in [0.29, 0.717) is 15.7 Å². The summed E-state index contributed by atoms with van der Waals surface area (Å²) >= 11 is 11.4. The molecule has 0 spiro atoms. The Kier molecular flexibility index (Phi) is 4.74. The molecule has 0 aromatic heterocycles. The predicted molar refractivity (Wildman–Crippen MR) is 63.4 cm³/mol. The normalized spacial score (nSPS) is 11.9. The third kappa shape index (κ3) is 4.60. The van der Waals surface area contributed by atoms with Gasteiger partial charge in [0, 0.05) is 15.7 Å². The molecule has 1 rings (SSSR count). The van der Waals surface area contributed by atoms with Crippen LogP contribution in [0.2, 0.25) is 10.0 Å². The summed E-state index contributed by atoms with van der Waals surface area (Å²) in [6.07, 6.45) is -2.27. The molecule has 1 amide bonds. The lowest BCUT2D eigenvalue weighted by atomic mass is 10.2. The minimum Gasteiger partial charge on any atom is -0.479 e. The number of benzene rings is 1. The molecule has 0 saturated heterocycles. The maximum Gasteiger partial charge on any atom is 0.333 e. The number of aliphatic hydroxyl groups is 1. The van der Waals surface area contributed by atoms with E-state index in [-0.39, 0.29) is 0 Å². The quantitative estimate of drug-likeness (QED) is 0.783. The average Bonchev–Trinajstić information content (AvgIpc) is 2.14. The highest BCUT2D eigenvalue weighted by Gasteiger charge is 2.17. The zero-order valence-electron chi connectivity index (χ0n) is 8.48. The molecule has 7 heteroatoms. The van der Waals surface area contributed by atoms with Crippen molar-refractivity contribution in [2.24, 2.45) is 0 Å². The Hall–Kier alpha value is -1.30. The Labute approximate surface area is 107 Å². The standard InChI is InChI=1S/C10H9Cl2NO4/c11-5-1-6(12)3-7(2-5)13-9(15)4-8(14)10(16)17/h1-3,8,14H,4H2,(H,13,15)(H,16,17). The fourth-order valence-corrected chi connectivity index (χ4v) is 1.63. The first-order chi connectivity index (χ1) is 7.88. The Morgan fingerprint density at radius 1 is 1.24 bits per heavy atom. The van der Waals surface area contributed by atoms with Gasteiger partial charge in [-0.2, -0.15) is 0 Å². The first-order valence-electron chi connectivity index (χ1n) is 4.55. The molecule has 5 nitrogen and oxygen atoms in total. The molecule has 1 aromatic carbocycles. The van der Waals surface area contributed by atoms with Gasteiger partial charge in [0.25, 0.3) is 0 Å². The van der Waals surface area contributed by atoms with Gasteiger partial charge < -0.3 is 15.5 Å². The number of nitrogens with one attached hydrogen (secondary N) is 1. The van der Waals surface area contributed by atoms with E-state index in [1.807, 2.05) is 0 Å². The van der Waals surface area contributed by atoms with Crippen molar-refractivity contribution in [2.45, 2.75) is 12.5 Å². The van der Waals surface area contributed by atoms with E-state index in [0.717, 1.165) is 0 Å². The molecule has 0 radical (unpaired) electrons. The van der Waals surface area contributed by atoms with Crippen LogP contribution in [0.3, 0.4) is 0 Å². The van der Waals surface area contributed by atoms with Crippen molar-refractivity contribution in [3.05, 3.63) is 28.2 Å². The second-order valence-corrected chi connectivity index (χ2v) is 4.14. The van der Waals surface area contributed by atoms with Crippen molar-refractivity contribution in [3.8, 4) is 0 Å². The molecule has 3 N–H and O–H groups in total. The molecule has 1 atom stereocenters. The summed E-state index contributed by atoms with van der Waals surface area (Å²) in [7, 11) is 0. The smallest absolute Gasteiger partial charge is 0.333 e. The van der Waals surface area contributed by atoms with Gasteiger partial charge in [-0.15, -0.1) is 0 Å². The van der Waals surface area contributed by atoms with Crippen LogP contribution in [0, 0.1) is 0 Å². The third-order valence-corrected chi connectivity index (χ3v) is 2.25. The number of carbonyl (C=O) groups excluding carboxylic acids is 1. The van der Waals surface area contributed by atoms with Gasteiger partial charge in [0.1, 0.15) is 0 Å². The SMILES string of the molecule is O=C(CC(O)C(=O)O)Nc1cc(Cl)cc(Cl)c1. The monoisotopic (exact) mass is 277 g/mol. The maximum atomic E-state index is 11.3. The molecule has 17 heavy (non-hydrogen) atoms. The number of anilines is 1. The summed E-state index contributed by atoms with van der Waals surface area (Å²) in [5.74, 6) is -2.09. The van der Waals surface area contributed by atoms with Crippen molar-refractivity contribution in [1.29, 1.82) is 0 Å². The van der Waals surface area contributed by atoms with E-state index >= 15 is 0 Å². The number of hydrogen-bond acceptors (Lipinski definition) is 3. The molecule has 1 aromatic rings. The van der Waals surface area contributed by atoms with Crippen LogP contribution in [-0.2, 0) is 9.59 Å². The lowest BCUT2D eigenvalue weighted by Crippen LogP contribution is -2.26. The van der Waals surface area contributed by atoms with Crippen molar-refractivity contribution in [1.82, 2.24) is 0 Å². The average molecular weight is 278 g/mol. The second-order valence-electron chi connectivity index (χ2n) is 3.26. The zero-order valence-corrected chi connectivity index (χ0v) is 10.00. The number of carbonyl (C=O) groups is 2. The van der Waals surface area contributed by atoms with Crippen LogP contribution >= 0.6 is 23.2 Å². The maximum absolute atomic E-state index is 11.3. The number of carboxylic acid groups (broad SMARTS) is 1. The lowest BCUT2D eigenvalue weighted by Gasteiger charge is -2.08. The molecule has 0 aliphatic carbocycles. The number of carboxylic acids is 1. The molecule has 0 aliphatic heterocycles. The molecule has 0 aliphatic rings. The first kappa shape index (κ1) is 13.8. The van der Waals surface area contributed by atoms with E-state index in [2.05, 4.69) is 5.32 Å². The van der Waals surface area contributed by atoms with Gasteiger partial charge in [-0.3, -0.25) is 4.79 Å². The number of amides is 1. The first-order valence-corrected chi connectivity index (χ1v) is 5.31. The van der Waals surface area contributed by atoms with Crippen LogP contribution in [0.25, 0.3) is 0 Å². The largest absolute Gasteiger partial charge is 0.479 e. The van der Waals surface area contributed by atoms with Gasteiger partial charge >= 0.3 is 5.97 Å². The van der Waals surface area contributed by atoms with Crippen molar-refractivity contribution in [3.63, 3.8) is 0 Å². The van der Waals surface area contributed by atoms with Crippen LogP contribution in [0.5, 0.6) is 0 Å². The van der Waals surface area contributed by atoms with E-state index in [1.165, 1.54) is 18.2 Å². The zero-order chi connectivity index (χ0) is 13.0. The van der Waals surface area contributed by atoms with Crippen LogP contribution in [0.15, 0.2) is 18.2 Å². The second kappa shape index (κ2) is 5.86. The van der Waals surface area contributed by atoms with Gasteiger partial charge in [0.15, 0.2) is 6.10 Å². The topological polar surface area (TPSA) is 86.6 Å². The number of halogens is 2. The summed E-state index contributed by atoms with van der Waals surface area (Å²) in [6, 6.07) is 4.40. The van der Waals surface area contributed by atoms with E-state index < -0.39 is 24.4 Å². The molecule has 0 heterocycles. The third-order valence-electron chi connectivity index (χ3n) is 1.81. The molecule has 0 fully saturated rings. The molecule has 1 unspecified atom stereocenters. The van der Waals surface area contributed by atoms with Gasteiger partial charge in [-0.1, -0.05) is 23.2 Å². The summed E-state index contributed by atoms with van der Waals surface area (Å²) < 4.78 is 0. The van der Waals surface area contributed by atoms with Crippen molar-refractivity contribution >= 4 is 40.8 Å². The van der Waals surface area contributed by atoms with Crippen LogP contribution in [0.1, 0.15) is 6.42 Å². The number of aliphatic hydroxyl groups excluding tert-OH is 1. The fourth-order valence-electron chi connectivity index (χ4n) is 1.10. The van der Waals surface area contributed by atoms with Crippen LogP contribution < -0.4 is 5.32 Å². The number of aliphatic carboxylic acids is 1. The predicted octanol–water partition coefficient (Wildman–Crippen LogP) is 1.77. The Bertz CT molecular complexity index is 430. The van der Waals surface area contributed by atoms with E-state index in [9.17, 15) is 9.59 Å². The highest BCUT2D eigenvalue weighted by molar-refractivity contribution is 6.35. The Morgan fingerprint density at radius 2 is 1.76 bits per heavy atom. The molecular weight excluding hydrogens is 269 g/mol. The van der Waals surface area contributed by atoms with Crippen LogP contribution in [0.4, 0.5) is 5.69 Å². The van der Waals surface area contributed by atoms with Crippen molar-refractivity contribution < 1.29 is 19.8 Å². The summed E-state index contributed by atoms with van der Waals surface area (Å²) in [6.45, 7) is 0. The summed E-state index contributed by atoms with van der Waals surface area (Å²) in [5.41, 5.74) is 0.338. The lowest BCUT2D eigenvalue weighted by molar-refractivity contribution is -0.148. The van der Waals surface area contributed by atoms with Crippen molar-refractivity contribution in [2.75, 3.05) is 5.32 Å². The number of rotatable bonds is 4. The fraction of sp³-hybridized carbons (Fsp3) is 0.200. The highest BCUT2D eigenvalue weighted by Crippen LogP contribution is 2.22. The molecule has 92 valence electrons. The Morgan fingerprint density at radius 3 is 2.24 bits per heavy atom. The van der Waals surface area contributed by atoms with Crippen LogP contribution in [-0.4, -0.2) is 28.2 Å². The van der Waals surface area contributed by atoms with Gasteiger partial charge in [0.05, 0.1) is 6.42 Å². The molecule has 0 saturated carbocycles. The Balaban J connectivity index is 2.65. The molecule has 0 bridgehead atoms. The minimum absolute atomic E-state index is 0.338. The summed E-state index contributed by atoms with van der Waals surface area (Å²) in [5, 5.41) is 20.4. The summed E-state index contributed by atoms with van der Waals surface area (Å²) in [4.78, 5) is 21.7. The van der Waals surface area contributed by atoms with E-state index in [1.54, 1.807) is 0 Å². The highest BCUT2D eigenvalue weighted by atomic mass is 35.5. The minimum atomic E-state index is -1.73. The van der Waals surface area contributed by atoms with Gasteiger partial charge in [0.2, 0.25) is 5.91 Å². The number of hydrogen-bond donors (Lipinski definition) is 3. The van der Waals surface area contributed by atoms with Gasteiger partial charge in [-0.25, -0.2) is 4.79 Å². The van der Waals surface area contributed by atoms with E-state index in [4.69, 9.17) is 33.4 Å².